The number of aryl methyl sites for hydroxylation is 1. The summed E-state index contributed by atoms with van der Waals surface area (Å²) in [4.78, 5) is 0.803. The predicted molar refractivity (Wildman–Crippen MR) is 61.5 cm³/mol. The highest BCUT2D eigenvalue weighted by Crippen LogP contribution is 2.31. The molecular formula is C11H11ClO2S. The molecule has 0 bridgehead atoms. The summed E-state index contributed by atoms with van der Waals surface area (Å²) in [6, 6.07) is 7.27. The highest BCUT2D eigenvalue weighted by Gasteiger charge is 2.16. The predicted octanol–water partition coefficient (Wildman–Crippen LogP) is 3.64. The van der Waals surface area contributed by atoms with Crippen molar-refractivity contribution in [1.29, 1.82) is 0 Å². The number of furan rings is 1. The Morgan fingerprint density at radius 2 is 2.20 bits per heavy atom. The Hall–Kier alpha value is -0.770. The van der Waals surface area contributed by atoms with E-state index < -0.39 is 6.10 Å². The molecule has 0 fully saturated rings. The van der Waals surface area contributed by atoms with Crippen LogP contribution in [0.15, 0.2) is 28.7 Å². The molecule has 0 radical (unpaired) electrons. The Kier molecular flexibility index (Phi) is 3.14. The molecule has 80 valence electrons. The van der Waals surface area contributed by atoms with Gasteiger partial charge in [-0.15, -0.1) is 11.3 Å². The molecule has 2 nitrogen and oxygen atoms in total. The van der Waals surface area contributed by atoms with E-state index in [-0.39, 0.29) is 0 Å². The number of halogens is 1. The van der Waals surface area contributed by atoms with Crippen LogP contribution in [0, 0.1) is 0 Å². The van der Waals surface area contributed by atoms with Gasteiger partial charge in [0.1, 0.15) is 17.6 Å². The number of aliphatic hydroxyl groups excluding tert-OH is 1. The van der Waals surface area contributed by atoms with Gasteiger partial charge in [-0.25, -0.2) is 0 Å². The van der Waals surface area contributed by atoms with Crippen molar-refractivity contribution < 1.29 is 9.52 Å². The molecule has 0 saturated carbocycles. The smallest absolute Gasteiger partial charge is 0.146 e. The lowest BCUT2D eigenvalue weighted by molar-refractivity contribution is 0.190. The van der Waals surface area contributed by atoms with E-state index in [0.29, 0.717) is 10.1 Å². The van der Waals surface area contributed by atoms with Gasteiger partial charge in [0.2, 0.25) is 0 Å². The molecular weight excluding hydrogens is 232 g/mol. The van der Waals surface area contributed by atoms with Gasteiger partial charge in [0.15, 0.2) is 0 Å². The second-order valence-corrected chi connectivity index (χ2v) is 4.95. The van der Waals surface area contributed by atoms with Gasteiger partial charge < -0.3 is 9.52 Å². The first-order chi connectivity index (χ1) is 7.20. The molecule has 2 aromatic heterocycles. The summed E-state index contributed by atoms with van der Waals surface area (Å²) in [5.41, 5.74) is 0. The largest absolute Gasteiger partial charge is 0.463 e. The maximum absolute atomic E-state index is 9.97. The SMILES string of the molecule is CCc1ccc(C(O)c2ccc(Cl)s2)o1. The maximum Gasteiger partial charge on any atom is 0.146 e. The first kappa shape index (κ1) is 10.7. The number of hydrogen-bond donors (Lipinski definition) is 1. The van der Waals surface area contributed by atoms with Crippen LogP contribution in [0.25, 0.3) is 0 Å². The van der Waals surface area contributed by atoms with Gasteiger partial charge in [0, 0.05) is 11.3 Å². The van der Waals surface area contributed by atoms with Crippen molar-refractivity contribution in [2.45, 2.75) is 19.4 Å². The zero-order valence-corrected chi connectivity index (χ0v) is 9.81. The van der Waals surface area contributed by atoms with Gasteiger partial charge in [0.25, 0.3) is 0 Å². The molecule has 15 heavy (non-hydrogen) atoms. The van der Waals surface area contributed by atoms with Crippen LogP contribution >= 0.6 is 22.9 Å². The van der Waals surface area contributed by atoms with Crippen LogP contribution in [-0.4, -0.2) is 5.11 Å². The third kappa shape index (κ3) is 2.25. The molecule has 1 N–H and O–H groups in total. The lowest BCUT2D eigenvalue weighted by Crippen LogP contribution is -1.94. The lowest BCUT2D eigenvalue weighted by Gasteiger charge is -2.03. The third-order valence-electron chi connectivity index (χ3n) is 2.16. The van der Waals surface area contributed by atoms with Crippen LogP contribution in [-0.2, 0) is 6.42 Å². The summed E-state index contributed by atoms with van der Waals surface area (Å²) in [5, 5.41) is 9.97. The van der Waals surface area contributed by atoms with Crippen molar-refractivity contribution in [3.63, 3.8) is 0 Å². The van der Waals surface area contributed by atoms with E-state index in [0.717, 1.165) is 17.1 Å². The number of aliphatic hydroxyl groups is 1. The fourth-order valence-electron chi connectivity index (χ4n) is 1.35. The summed E-state index contributed by atoms with van der Waals surface area (Å²) >= 11 is 7.16. The topological polar surface area (TPSA) is 33.4 Å². The molecule has 0 aliphatic carbocycles. The zero-order chi connectivity index (χ0) is 10.8. The second-order valence-electron chi connectivity index (χ2n) is 3.20. The number of thiophene rings is 1. The molecule has 0 spiro atoms. The zero-order valence-electron chi connectivity index (χ0n) is 8.24. The average Bonchev–Trinajstić information content (AvgIpc) is 2.84. The van der Waals surface area contributed by atoms with Crippen LogP contribution < -0.4 is 0 Å². The minimum absolute atomic E-state index is 0.574. The quantitative estimate of drug-likeness (QED) is 0.892. The van der Waals surface area contributed by atoms with Crippen LogP contribution in [0.1, 0.15) is 29.4 Å². The molecule has 0 amide bonds. The molecule has 0 aliphatic rings. The van der Waals surface area contributed by atoms with Gasteiger partial charge in [-0.1, -0.05) is 18.5 Å². The molecule has 4 heteroatoms. The van der Waals surface area contributed by atoms with Gasteiger partial charge in [0.05, 0.1) is 4.34 Å². The summed E-state index contributed by atoms with van der Waals surface area (Å²) in [5.74, 6) is 1.46. The van der Waals surface area contributed by atoms with Crippen molar-refractivity contribution in [2.75, 3.05) is 0 Å². The van der Waals surface area contributed by atoms with Crippen molar-refractivity contribution in [1.82, 2.24) is 0 Å². The molecule has 0 saturated heterocycles. The first-order valence-electron chi connectivity index (χ1n) is 4.72. The highest BCUT2D eigenvalue weighted by molar-refractivity contribution is 7.16. The van der Waals surface area contributed by atoms with E-state index in [1.807, 2.05) is 19.1 Å². The van der Waals surface area contributed by atoms with Gasteiger partial charge in [-0.3, -0.25) is 0 Å². The lowest BCUT2D eigenvalue weighted by atomic mass is 10.2. The normalized spacial score (nSPS) is 13.0. The maximum atomic E-state index is 9.97. The Balaban J connectivity index is 2.23. The molecule has 2 rings (SSSR count). The number of hydrogen-bond acceptors (Lipinski definition) is 3. The summed E-state index contributed by atoms with van der Waals surface area (Å²) < 4.78 is 6.14. The van der Waals surface area contributed by atoms with Gasteiger partial charge in [-0.2, -0.15) is 0 Å². The van der Waals surface area contributed by atoms with E-state index in [4.69, 9.17) is 16.0 Å². The van der Waals surface area contributed by atoms with Crippen LogP contribution in [0.4, 0.5) is 0 Å². The van der Waals surface area contributed by atoms with E-state index in [1.54, 1.807) is 12.1 Å². The molecule has 1 unspecified atom stereocenters. The Morgan fingerprint density at radius 1 is 1.40 bits per heavy atom. The van der Waals surface area contributed by atoms with Crippen molar-refractivity contribution in [3.8, 4) is 0 Å². The van der Waals surface area contributed by atoms with Crippen LogP contribution in [0.3, 0.4) is 0 Å². The minimum atomic E-state index is -0.706. The van der Waals surface area contributed by atoms with Crippen LogP contribution in [0.5, 0.6) is 0 Å². The van der Waals surface area contributed by atoms with E-state index >= 15 is 0 Å². The fraction of sp³-hybridized carbons (Fsp3) is 0.273. The van der Waals surface area contributed by atoms with Crippen molar-refractivity contribution in [3.05, 3.63) is 45.0 Å². The van der Waals surface area contributed by atoms with Crippen LogP contribution in [0.2, 0.25) is 4.34 Å². The molecule has 0 aromatic carbocycles. The minimum Gasteiger partial charge on any atom is -0.463 e. The standard InChI is InChI=1S/C11H11ClO2S/c1-2-7-3-4-8(14-7)11(13)9-5-6-10(12)15-9/h3-6,11,13H,2H2,1H3. The van der Waals surface area contributed by atoms with E-state index in [9.17, 15) is 5.11 Å². The molecule has 1 atom stereocenters. The monoisotopic (exact) mass is 242 g/mol. The number of rotatable bonds is 3. The molecule has 2 heterocycles. The summed E-state index contributed by atoms with van der Waals surface area (Å²) in [6.07, 6.45) is 0.126. The summed E-state index contributed by atoms with van der Waals surface area (Å²) in [7, 11) is 0. The first-order valence-corrected chi connectivity index (χ1v) is 5.92. The Labute approximate surface area is 97.1 Å². The van der Waals surface area contributed by atoms with Gasteiger partial charge >= 0.3 is 0 Å². The van der Waals surface area contributed by atoms with Gasteiger partial charge in [-0.05, 0) is 24.3 Å². The highest BCUT2D eigenvalue weighted by atomic mass is 35.5. The van der Waals surface area contributed by atoms with E-state index in [1.165, 1.54) is 11.3 Å². The third-order valence-corrected chi connectivity index (χ3v) is 3.45. The average molecular weight is 243 g/mol. The van der Waals surface area contributed by atoms with E-state index in [2.05, 4.69) is 0 Å². The summed E-state index contributed by atoms with van der Waals surface area (Å²) in [6.45, 7) is 2.01. The van der Waals surface area contributed by atoms with Crippen molar-refractivity contribution >= 4 is 22.9 Å². The fourth-order valence-corrected chi connectivity index (χ4v) is 2.40. The van der Waals surface area contributed by atoms with Crippen molar-refractivity contribution in [2.24, 2.45) is 0 Å². The Bertz CT molecular complexity index is 447. The molecule has 2 aromatic rings. The second kappa shape index (κ2) is 4.39. The Morgan fingerprint density at radius 3 is 2.73 bits per heavy atom. The molecule has 0 aliphatic heterocycles.